The van der Waals surface area contributed by atoms with Crippen molar-refractivity contribution in [2.24, 2.45) is 0 Å². The van der Waals surface area contributed by atoms with Crippen molar-refractivity contribution in [3.05, 3.63) is 83.2 Å². The molecule has 0 saturated heterocycles. The summed E-state index contributed by atoms with van der Waals surface area (Å²) in [5, 5.41) is 9.59. The highest BCUT2D eigenvalue weighted by molar-refractivity contribution is 6.00. The SMILES string of the molecule is CC(=C1c2ccccc2COc2ccc(C(=O)O)cc21)n1cnc2cc3c(cc21)OCO3. The van der Waals surface area contributed by atoms with Gasteiger partial charge in [0.15, 0.2) is 11.5 Å². The number of carboxylic acid groups (broad SMARTS) is 1. The molecular weight excluding hydrogens is 408 g/mol. The van der Waals surface area contributed by atoms with Crippen LogP contribution in [0.25, 0.3) is 22.3 Å². The molecule has 7 nitrogen and oxygen atoms in total. The molecule has 0 spiro atoms. The van der Waals surface area contributed by atoms with Gasteiger partial charge in [-0.25, -0.2) is 9.78 Å². The van der Waals surface area contributed by atoms with E-state index in [0.29, 0.717) is 23.9 Å². The Morgan fingerprint density at radius 2 is 1.78 bits per heavy atom. The van der Waals surface area contributed by atoms with E-state index < -0.39 is 5.97 Å². The van der Waals surface area contributed by atoms with Crippen LogP contribution in [0.5, 0.6) is 17.2 Å². The van der Waals surface area contributed by atoms with Crippen LogP contribution in [-0.4, -0.2) is 27.4 Å². The number of carbonyl (C=O) groups is 1. The normalized spacial score (nSPS) is 15.5. The molecule has 0 aliphatic carbocycles. The topological polar surface area (TPSA) is 82.8 Å². The molecule has 0 saturated carbocycles. The second-order valence-electron chi connectivity index (χ2n) is 7.73. The fourth-order valence-electron chi connectivity index (χ4n) is 4.35. The van der Waals surface area contributed by atoms with E-state index in [1.165, 1.54) is 0 Å². The van der Waals surface area contributed by atoms with Gasteiger partial charge in [0.2, 0.25) is 6.79 Å². The van der Waals surface area contributed by atoms with E-state index in [4.69, 9.17) is 14.2 Å². The van der Waals surface area contributed by atoms with Gasteiger partial charge in [0.25, 0.3) is 0 Å². The zero-order chi connectivity index (χ0) is 21.8. The first-order valence-electron chi connectivity index (χ1n) is 10.2. The predicted molar refractivity (Wildman–Crippen MR) is 118 cm³/mol. The molecule has 6 rings (SSSR count). The molecule has 0 fully saturated rings. The number of aromatic carboxylic acids is 1. The lowest BCUT2D eigenvalue weighted by atomic mass is 9.91. The number of hydrogen-bond acceptors (Lipinski definition) is 5. The summed E-state index contributed by atoms with van der Waals surface area (Å²) >= 11 is 0. The van der Waals surface area contributed by atoms with Crippen LogP contribution in [0, 0.1) is 0 Å². The molecule has 32 heavy (non-hydrogen) atoms. The van der Waals surface area contributed by atoms with Crippen molar-refractivity contribution in [2.45, 2.75) is 13.5 Å². The van der Waals surface area contributed by atoms with Gasteiger partial charge in [-0.05, 0) is 36.2 Å². The van der Waals surface area contributed by atoms with Crippen molar-refractivity contribution in [3.63, 3.8) is 0 Å². The molecule has 2 aliphatic heterocycles. The summed E-state index contributed by atoms with van der Waals surface area (Å²) in [5.74, 6) is 1.01. The third-order valence-electron chi connectivity index (χ3n) is 5.93. The van der Waals surface area contributed by atoms with Crippen LogP contribution in [0.15, 0.2) is 60.9 Å². The van der Waals surface area contributed by atoms with Crippen LogP contribution >= 0.6 is 0 Å². The first-order chi connectivity index (χ1) is 15.6. The number of allylic oxidation sites excluding steroid dienone is 1. The van der Waals surface area contributed by atoms with E-state index in [1.54, 1.807) is 24.5 Å². The number of fused-ring (bicyclic) bond motifs is 4. The molecule has 7 heteroatoms. The number of ether oxygens (including phenoxy) is 3. The van der Waals surface area contributed by atoms with Crippen molar-refractivity contribution < 1.29 is 24.1 Å². The molecule has 1 N–H and O–H groups in total. The zero-order valence-electron chi connectivity index (χ0n) is 17.2. The monoisotopic (exact) mass is 426 g/mol. The molecule has 0 amide bonds. The summed E-state index contributed by atoms with van der Waals surface area (Å²) in [7, 11) is 0. The van der Waals surface area contributed by atoms with Crippen LogP contribution in [0.3, 0.4) is 0 Å². The van der Waals surface area contributed by atoms with Gasteiger partial charge in [-0.15, -0.1) is 0 Å². The Bertz CT molecular complexity index is 1450. The summed E-state index contributed by atoms with van der Waals surface area (Å²) in [6.45, 7) is 2.59. The van der Waals surface area contributed by atoms with Crippen LogP contribution in [0.2, 0.25) is 0 Å². The Morgan fingerprint density at radius 3 is 2.62 bits per heavy atom. The van der Waals surface area contributed by atoms with E-state index in [-0.39, 0.29) is 12.4 Å². The molecule has 3 aromatic carbocycles. The van der Waals surface area contributed by atoms with Crippen molar-refractivity contribution in [3.8, 4) is 17.2 Å². The molecule has 3 heterocycles. The van der Waals surface area contributed by atoms with Crippen LogP contribution < -0.4 is 14.2 Å². The maximum atomic E-state index is 11.7. The second kappa shape index (κ2) is 6.88. The molecule has 0 bridgehead atoms. The fraction of sp³-hybridized carbons (Fsp3) is 0.120. The minimum Gasteiger partial charge on any atom is -0.488 e. The zero-order valence-corrected chi connectivity index (χ0v) is 17.2. The molecule has 0 atom stereocenters. The number of aromatic nitrogens is 2. The van der Waals surface area contributed by atoms with Crippen molar-refractivity contribution >= 4 is 28.3 Å². The number of rotatable bonds is 2. The highest BCUT2D eigenvalue weighted by Crippen LogP contribution is 2.42. The lowest BCUT2D eigenvalue weighted by Gasteiger charge is -2.16. The molecule has 158 valence electrons. The van der Waals surface area contributed by atoms with Crippen LogP contribution in [0.4, 0.5) is 0 Å². The smallest absolute Gasteiger partial charge is 0.335 e. The first kappa shape index (κ1) is 18.5. The molecule has 0 unspecified atom stereocenters. The number of imidazole rings is 1. The van der Waals surface area contributed by atoms with Crippen LogP contribution in [-0.2, 0) is 6.61 Å². The van der Waals surface area contributed by atoms with Crippen molar-refractivity contribution in [1.29, 1.82) is 0 Å². The summed E-state index contributed by atoms with van der Waals surface area (Å²) in [4.78, 5) is 16.3. The van der Waals surface area contributed by atoms with Crippen LogP contribution in [0.1, 0.15) is 34.0 Å². The summed E-state index contributed by atoms with van der Waals surface area (Å²) < 4.78 is 19.1. The molecule has 1 aromatic heterocycles. The Hall–Kier alpha value is -4.26. The van der Waals surface area contributed by atoms with E-state index in [2.05, 4.69) is 4.98 Å². The van der Waals surface area contributed by atoms with Gasteiger partial charge in [0, 0.05) is 29.0 Å². The minimum absolute atomic E-state index is 0.193. The van der Waals surface area contributed by atoms with Gasteiger partial charge in [-0.3, -0.25) is 0 Å². The average molecular weight is 426 g/mol. The maximum Gasteiger partial charge on any atom is 0.335 e. The number of carboxylic acids is 1. The predicted octanol–water partition coefficient (Wildman–Crippen LogP) is 4.79. The maximum absolute atomic E-state index is 11.7. The Labute approximate surface area is 183 Å². The largest absolute Gasteiger partial charge is 0.488 e. The third-order valence-corrected chi connectivity index (χ3v) is 5.93. The van der Waals surface area contributed by atoms with Gasteiger partial charge in [-0.2, -0.15) is 0 Å². The molecular formula is C25H18N2O5. The molecule has 0 radical (unpaired) electrons. The number of benzene rings is 3. The summed E-state index contributed by atoms with van der Waals surface area (Å²) in [6, 6.07) is 16.8. The average Bonchev–Trinajstić information content (AvgIpc) is 3.39. The lowest BCUT2D eigenvalue weighted by molar-refractivity contribution is 0.0696. The van der Waals surface area contributed by atoms with Gasteiger partial charge in [0.1, 0.15) is 18.7 Å². The van der Waals surface area contributed by atoms with E-state index in [0.717, 1.165) is 39.0 Å². The Kier molecular flexibility index (Phi) is 3.98. The minimum atomic E-state index is -0.983. The van der Waals surface area contributed by atoms with Gasteiger partial charge >= 0.3 is 5.97 Å². The molecule has 2 aliphatic rings. The highest BCUT2D eigenvalue weighted by atomic mass is 16.7. The Morgan fingerprint density at radius 1 is 0.969 bits per heavy atom. The Balaban J connectivity index is 1.66. The number of hydrogen-bond donors (Lipinski definition) is 1. The van der Waals surface area contributed by atoms with Crippen molar-refractivity contribution in [1.82, 2.24) is 9.55 Å². The quantitative estimate of drug-likeness (QED) is 0.496. The lowest BCUT2D eigenvalue weighted by Crippen LogP contribution is -2.02. The van der Waals surface area contributed by atoms with Gasteiger partial charge in [0.05, 0.1) is 16.6 Å². The summed E-state index contributed by atoms with van der Waals surface area (Å²) in [5.41, 5.74) is 6.41. The third kappa shape index (κ3) is 2.75. The summed E-state index contributed by atoms with van der Waals surface area (Å²) in [6.07, 6.45) is 1.76. The van der Waals surface area contributed by atoms with E-state index >= 15 is 0 Å². The van der Waals surface area contributed by atoms with Crippen molar-refractivity contribution in [2.75, 3.05) is 6.79 Å². The molecule has 4 aromatic rings. The van der Waals surface area contributed by atoms with Gasteiger partial charge in [-0.1, -0.05) is 24.3 Å². The first-order valence-corrected chi connectivity index (χ1v) is 10.2. The highest BCUT2D eigenvalue weighted by Gasteiger charge is 2.24. The van der Waals surface area contributed by atoms with E-state index in [9.17, 15) is 9.90 Å². The second-order valence-corrected chi connectivity index (χ2v) is 7.73. The van der Waals surface area contributed by atoms with E-state index in [1.807, 2.05) is 47.9 Å². The standard InChI is InChI=1S/C25H18N2O5/c1-14(27-12-26-19-9-22-23(10-20(19)27)32-13-31-22)24-17-5-3-2-4-16(17)11-30-21-7-6-15(25(28)29)8-18(21)24/h2-10,12H,11,13H2,1H3,(H,28,29). The van der Waals surface area contributed by atoms with Gasteiger partial charge < -0.3 is 23.9 Å². The number of nitrogens with zero attached hydrogens (tertiary/aromatic N) is 2. The fourth-order valence-corrected chi connectivity index (χ4v) is 4.35.